The minimum absolute atomic E-state index is 0.126. The third-order valence-corrected chi connectivity index (χ3v) is 6.04. The molecule has 0 bridgehead atoms. The van der Waals surface area contributed by atoms with Crippen LogP contribution in [0, 0.1) is 0 Å². The van der Waals surface area contributed by atoms with Crippen molar-refractivity contribution in [2.75, 3.05) is 6.61 Å². The van der Waals surface area contributed by atoms with Crippen LogP contribution in [0.5, 0.6) is 0 Å². The second kappa shape index (κ2) is 7.10. The molecule has 2 aromatic heterocycles. The Morgan fingerprint density at radius 1 is 1.26 bits per heavy atom. The van der Waals surface area contributed by atoms with Crippen LogP contribution in [-0.4, -0.2) is 24.2 Å². The summed E-state index contributed by atoms with van der Waals surface area (Å²) in [4.78, 5) is 4.20. The number of halogens is 4. The molecule has 0 radical (unpaired) electrons. The van der Waals surface area contributed by atoms with E-state index < -0.39 is 19.9 Å². The number of fused-ring (bicyclic) bond motifs is 1. The molecule has 3 nitrogen and oxygen atoms in total. The van der Waals surface area contributed by atoms with Gasteiger partial charge < -0.3 is 4.74 Å². The summed E-state index contributed by atoms with van der Waals surface area (Å²) in [6.45, 7) is 6.96. The van der Waals surface area contributed by atoms with E-state index in [1.165, 1.54) is 0 Å². The van der Waals surface area contributed by atoms with Crippen LogP contribution in [0.2, 0.25) is 25.7 Å². The van der Waals surface area contributed by atoms with Gasteiger partial charge in [0.2, 0.25) is 0 Å². The predicted molar refractivity (Wildman–Crippen MR) is 96.6 cm³/mol. The van der Waals surface area contributed by atoms with E-state index in [0.29, 0.717) is 22.1 Å². The van der Waals surface area contributed by atoms with Gasteiger partial charge in [0.05, 0.1) is 0 Å². The second-order valence-corrected chi connectivity index (χ2v) is 13.1. The number of ether oxygens (including phenoxy) is 1. The van der Waals surface area contributed by atoms with Crippen molar-refractivity contribution in [2.24, 2.45) is 0 Å². The molecular weight excluding hydrogens is 436 g/mol. The maximum absolute atomic E-state index is 13.3. The lowest BCUT2D eigenvalue weighted by atomic mass is 10.2. The molecule has 128 valence electrons. The van der Waals surface area contributed by atoms with E-state index in [1.54, 1.807) is 12.3 Å². The molecule has 2 rings (SSSR count). The van der Waals surface area contributed by atoms with Crippen molar-refractivity contribution in [3.63, 3.8) is 0 Å². The number of aromatic nitrogens is 2. The molecule has 0 N–H and O–H groups in total. The zero-order valence-corrected chi connectivity index (χ0v) is 16.5. The molecule has 0 aliphatic heterocycles. The molecule has 0 saturated heterocycles. The van der Waals surface area contributed by atoms with Crippen LogP contribution >= 0.6 is 22.6 Å². The Morgan fingerprint density at radius 2 is 1.96 bits per heavy atom. The first-order chi connectivity index (χ1) is 10.6. The summed E-state index contributed by atoms with van der Waals surface area (Å²) >= 11 is 2.16. The van der Waals surface area contributed by atoms with Crippen molar-refractivity contribution in [1.29, 1.82) is 0 Å². The maximum atomic E-state index is 13.3. The fraction of sp³-hybridized carbons (Fsp3) is 0.533. The number of hydrogen-bond acceptors (Lipinski definition) is 2. The van der Waals surface area contributed by atoms with Crippen LogP contribution in [0.15, 0.2) is 18.3 Å². The lowest BCUT2D eigenvalue weighted by Gasteiger charge is -2.17. The number of alkyl halides is 4. The van der Waals surface area contributed by atoms with Crippen LogP contribution < -0.4 is 0 Å². The molecule has 0 unspecified atom stereocenters. The van der Waals surface area contributed by atoms with Crippen LogP contribution in [0.1, 0.15) is 11.3 Å². The maximum Gasteiger partial charge on any atom is 0.431 e. The minimum atomic E-state index is -4.42. The first-order valence-electron chi connectivity index (χ1n) is 7.31. The van der Waals surface area contributed by atoms with E-state index in [4.69, 9.17) is 4.74 Å². The molecule has 0 atom stereocenters. The molecule has 2 aromatic rings. The summed E-state index contributed by atoms with van der Waals surface area (Å²) in [6.07, 6.45) is -2.80. The standard InChI is InChI=1S/C15H20F3IN2OSi/c1-23(2,3)5-4-22-10-21-13(15(16,17)18)7-12-6-11(8-19)9-20-14(12)21/h6-7,9H,4-5,8,10H2,1-3H3. The molecule has 0 fully saturated rings. The first-order valence-corrected chi connectivity index (χ1v) is 12.5. The predicted octanol–water partition coefficient (Wildman–Crippen LogP) is 5.30. The smallest absolute Gasteiger partial charge is 0.361 e. The number of hydrogen-bond donors (Lipinski definition) is 0. The molecule has 0 aliphatic rings. The van der Waals surface area contributed by atoms with Gasteiger partial charge >= 0.3 is 6.18 Å². The Kier molecular flexibility index (Phi) is 5.78. The van der Waals surface area contributed by atoms with Gasteiger partial charge in [-0.3, -0.25) is 4.57 Å². The van der Waals surface area contributed by atoms with Crippen LogP contribution in [-0.2, 0) is 22.1 Å². The van der Waals surface area contributed by atoms with Crippen LogP contribution in [0.4, 0.5) is 13.2 Å². The molecular formula is C15H20F3IN2OSi. The van der Waals surface area contributed by atoms with E-state index in [9.17, 15) is 13.2 Å². The van der Waals surface area contributed by atoms with Gasteiger partial charge in [0.1, 0.15) is 18.1 Å². The number of rotatable bonds is 6. The average molecular weight is 456 g/mol. The largest absolute Gasteiger partial charge is 0.431 e. The van der Waals surface area contributed by atoms with Gasteiger partial charge in [0.25, 0.3) is 0 Å². The van der Waals surface area contributed by atoms with Crippen molar-refractivity contribution in [3.05, 3.63) is 29.6 Å². The fourth-order valence-electron chi connectivity index (χ4n) is 2.16. The van der Waals surface area contributed by atoms with Crippen molar-refractivity contribution in [2.45, 2.75) is 43.0 Å². The van der Waals surface area contributed by atoms with Crippen molar-refractivity contribution in [1.82, 2.24) is 9.55 Å². The highest BCUT2D eigenvalue weighted by molar-refractivity contribution is 14.1. The van der Waals surface area contributed by atoms with E-state index in [2.05, 4.69) is 47.2 Å². The number of pyridine rings is 1. The van der Waals surface area contributed by atoms with E-state index in [-0.39, 0.29) is 6.73 Å². The normalized spacial score (nSPS) is 13.0. The molecule has 0 aliphatic carbocycles. The SMILES string of the molecule is C[Si](C)(C)CCOCn1c(C(F)(F)F)cc2cc(CI)cnc21. The van der Waals surface area contributed by atoms with E-state index in [1.807, 2.05) is 0 Å². The van der Waals surface area contributed by atoms with Crippen molar-refractivity contribution >= 4 is 41.7 Å². The minimum Gasteiger partial charge on any atom is -0.361 e. The van der Waals surface area contributed by atoms with Gasteiger partial charge in [-0.2, -0.15) is 13.2 Å². The molecule has 23 heavy (non-hydrogen) atoms. The summed E-state index contributed by atoms with van der Waals surface area (Å²) in [5.41, 5.74) is 0.515. The van der Waals surface area contributed by atoms with Gasteiger partial charge in [0, 0.05) is 30.7 Å². The van der Waals surface area contributed by atoms with Gasteiger partial charge in [-0.25, -0.2) is 4.98 Å². The Balaban J connectivity index is 2.28. The highest BCUT2D eigenvalue weighted by Crippen LogP contribution is 2.34. The molecule has 2 heterocycles. The summed E-state index contributed by atoms with van der Waals surface area (Å²) in [5.74, 6) is 0. The molecule has 0 aromatic carbocycles. The van der Waals surface area contributed by atoms with Gasteiger partial charge in [0.15, 0.2) is 0 Å². The summed E-state index contributed by atoms with van der Waals surface area (Å²) < 4.78 is 47.1. The van der Waals surface area contributed by atoms with E-state index >= 15 is 0 Å². The topological polar surface area (TPSA) is 27.1 Å². The highest BCUT2D eigenvalue weighted by Gasteiger charge is 2.35. The van der Waals surface area contributed by atoms with Crippen molar-refractivity contribution in [3.8, 4) is 0 Å². The third-order valence-electron chi connectivity index (χ3n) is 3.45. The molecule has 8 heteroatoms. The Bertz CT molecular complexity index is 680. The zero-order chi connectivity index (χ0) is 17.3. The molecule has 0 saturated carbocycles. The lowest BCUT2D eigenvalue weighted by Crippen LogP contribution is -2.22. The van der Waals surface area contributed by atoms with Gasteiger partial charge in [-0.05, 0) is 23.7 Å². The Morgan fingerprint density at radius 3 is 2.52 bits per heavy atom. The first kappa shape index (κ1) is 18.7. The van der Waals surface area contributed by atoms with E-state index in [0.717, 1.165) is 22.2 Å². The Labute approximate surface area is 148 Å². The zero-order valence-electron chi connectivity index (χ0n) is 13.4. The molecule has 0 spiro atoms. The fourth-order valence-corrected chi connectivity index (χ4v) is 3.34. The second-order valence-electron chi connectivity index (χ2n) is 6.69. The quantitative estimate of drug-likeness (QED) is 0.255. The highest BCUT2D eigenvalue weighted by atomic mass is 127. The lowest BCUT2D eigenvalue weighted by molar-refractivity contribution is -0.145. The molecule has 0 amide bonds. The van der Waals surface area contributed by atoms with Crippen LogP contribution in [0.3, 0.4) is 0 Å². The average Bonchev–Trinajstić information content (AvgIpc) is 2.80. The van der Waals surface area contributed by atoms with Crippen molar-refractivity contribution < 1.29 is 17.9 Å². The van der Waals surface area contributed by atoms with Gasteiger partial charge in [-0.1, -0.05) is 42.2 Å². The van der Waals surface area contributed by atoms with Gasteiger partial charge in [-0.15, -0.1) is 0 Å². The third kappa shape index (κ3) is 4.93. The number of nitrogens with zero attached hydrogens (tertiary/aromatic N) is 2. The monoisotopic (exact) mass is 456 g/mol. The summed E-state index contributed by atoms with van der Waals surface area (Å²) in [7, 11) is -1.27. The summed E-state index contributed by atoms with van der Waals surface area (Å²) in [6, 6.07) is 3.82. The van der Waals surface area contributed by atoms with Crippen LogP contribution in [0.25, 0.3) is 11.0 Å². The Hall–Kier alpha value is -0.613. The summed E-state index contributed by atoms with van der Waals surface area (Å²) in [5, 5.41) is 0.500.